The van der Waals surface area contributed by atoms with Crippen molar-refractivity contribution in [3.05, 3.63) is 69.6 Å². The molecule has 23 heavy (non-hydrogen) atoms. The first-order valence-electron chi connectivity index (χ1n) is 6.43. The Morgan fingerprint density at radius 2 is 1.74 bits per heavy atom. The number of hydrogen-bond donors (Lipinski definition) is 1. The van der Waals surface area contributed by atoms with Crippen LogP contribution in [0.4, 0.5) is 10.1 Å². The summed E-state index contributed by atoms with van der Waals surface area (Å²) in [6, 6.07) is 9.24. The zero-order valence-corrected chi connectivity index (χ0v) is 12.9. The zero-order valence-electron chi connectivity index (χ0n) is 11.4. The summed E-state index contributed by atoms with van der Waals surface area (Å²) in [5, 5.41) is 10.5. The maximum atomic E-state index is 13.3. The molecule has 2 aromatic rings. The number of rotatable bonds is 2. The van der Waals surface area contributed by atoms with E-state index in [1.54, 1.807) is 0 Å². The summed E-state index contributed by atoms with van der Waals surface area (Å²) in [5.41, 5.74) is -0.0571. The Morgan fingerprint density at radius 3 is 2.39 bits per heavy atom. The SMILES string of the molecule is O=C1C(O)=C(c2ccc(Cl)cc2Cl)C(=O)N1c1cccc(F)c1. The molecule has 2 amide bonds. The summed E-state index contributed by atoms with van der Waals surface area (Å²) in [7, 11) is 0. The Hall–Kier alpha value is -2.37. The summed E-state index contributed by atoms with van der Waals surface area (Å²) in [6.07, 6.45) is 0. The van der Waals surface area contributed by atoms with Gasteiger partial charge in [0, 0.05) is 10.6 Å². The van der Waals surface area contributed by atoms with Crippen LogP contribution in [0.1, 0.15) is 5.56 Å². The molecule has 116 valence electrons. The minimum Gasteiger partial charge on any atom is -0.502 e. The second kappa shape index (κ2) is 5.68. The van der Waals surface area contributed by atoms with Gasteiger partial charge in [-0.05, 0) is 30.3 Å². The third kappa shape index (κ3) is 2.58. The van der Waals surface area contributed by atoms with E-state index < -0.39 is 23.4 Å². The number of halogens is 3. The number of benzene rings is 2. The lowest BCUT2D eigenvalue weighted by molar-refractivity contribution is -0.121. The summed E-state index contributed by atoms with van der Waals surface area (Å²) < 4.78 is 13.3. The first-order chi connectivity index (χ1) is 10.9. The van der Waals surface area contributed by atoms with Crippen LogP contribution in [0.15, 0.2) is 48.2 Å². The van der Waals surface area contributed by atoms with Gasteiger partial charge in [-0.25, -0.2) is 9.29 Å². The Balaban J connectivity index is 2.10. The van der Waals surface area contributed by atoms with Crippen LogP contribution in [0.3, 0.4) is 0 Å². The van der Waals surface area contributed by atoms with E-state index in [0.717, 1.165) is 6.07 Å². The van der Waals surface area contributed by atoms with E-state index in [9.17, 15) is 19.1 Å². The fraction of sp³-hybridized carbons (Fsp3) is 0. The Morgan fingerprint density at radius 1 is 1.00 bits per heavy atom. The van der Waals surface area contributed by atoms with Crippen LogP contribution >= 0.6 is 23.2 Å². The molecule has 0 saturated carbocycles. The number of aliphatic hydroxyl groups excluding tert-OH is 1. The van der Waals surface area contributed by atoms with E-state index in [1.807, 2.05) is 0 Å². The molecule has 0 spiro atoms. The molecule has 1 heterocycles. The molecule has 0 unspecified atom stereocenters. The maximum absolute atomic E-state index is 13.3. The summed E-state index contributed by atoms with van der Waals surface area (Å²) in [6.45, 7) is 0. The van der Waals surface area contributed by atoms with Crippen LogP contribution < -0.4 is 4.90 Å². The highest BCUT2D eigenvalue weighted by molar-refractivity contribution is 6.47. The smallest absolute Gasteiger partial charge is 0.301 e. The van der Waals surface area contributed by atoms with E-state index in [2.05, 4.69) is 0 Å². The minimum atomic E-state index is -0.943. The van der Waals surface area contributed by atoms with Crippen LogP contribution in [0.25, 0.3) is 5.57 Å². The van der Waals surface area contributed by atoms with Crippen LogP contribution in [0.5, 0.6) is 0 Å². The summed E-state index contributed by atoms with van der Waals surface area (Å²) >= 11 is 11.8. The first-order valence-corrected chi connectivity index (χ1v) is 7.18. The lowest BCUT2D eigenvalue weighted by atomic mass is 10.1. The van der Waals surface area contributed by atoms with Crippen molar-refractivity contribution in [2.45, 2.75) is 0 Å². The first kappa shape index (κ1) is 15.5. The van der Waals surface area contributed by atoms with Crippen molar-refractivity contribution in [2.75, 3.05) is 4.90 Å². The van der Waals surface area contributed by atoms with Gasteiger partial charge in [0.15, 0.2) is 5.76 Å². The van der Waals surface area contributed by atoms with Crippen molar-refractivity contribution in [1.82, 2.24) is 0 Å². The van der Waals surface area contributed by atoms with Crippen LogP contribution in [0, 0.1) is 5.82 Å². The number of carbonyl (C=O) groups is 2. The fourth-order valence-electron chi connectivity index (χ4n) is 2.30. The van der Waals surface area contributed by atoms with E-state index in [0.29, 0.717) is 9.92 Å². The second-order valence-corrected chi connectivity index (χ2v) is 5.62. The number of aliphatic hydroxyl groups is 1. The van der Waals surface area contributed by atoms with Crippen molar-refractivity contribution in [3.63, 3.8) is 0 Å². The molecule has 1 aliphatic heterocycles. The van der Waals surface area contributed by atoms with Crippen molar-refractivity contribution >= 4 is 46.3 Å². The Labute approximate surface area is 140 Å². The maximum Gasteiger partial charge on any atom is 0.301 e. The predicted molar refractivity (Wildman–Crippen MR) is 84.9 cm³/mol. The monoisotopic (exact) mass is 351 g/mol. The van der Waals surface area contributed by atoms with Crippen molar-refractivity contribution in [3.8, 4) is 0 Å². The highest BCUT2D eigenvalue weighted by Crippen LogP contribution is 2.36. The third-order valence-electron chi connectivity index (χ3n) is 3.33. The third-order valence-corrected chi connectivity index (χ3v) is 3.87. The van der Waals surface area contributed by atoms with Gasteiger partial charge in [-0.3, -0.25) is 9.59 Å². The Kier molecular flexibility index (Phi) is 3.83. The topological polar surface area (TPSA) is 57.6 Å². The quantitative estimate of drug-likeness (QED) is 0.832. The molecule has 3 rings (SSSR count). The molecular weight excluding hydrogens is 344 g/mol. The van der Waals surface area contributed by atoms with Gasteiger partial charge >= 0.3 is 5.91 Å². The normalized spacial score (nSPS) is 14.8. The molecule has 0 aliphatic carbocycles. The van der Waals surface area contributed by atoms with Gasteiger partial charge < -0.3 is 5.11 Å². The molecule has 0 fully saturated rings. The van der Waals surface area contributed by atoms with Gasteiger partial charge in [-0.1, -0.05) is 35.3 Å². The van der Waals surface area contributed by atoms with E-state index in [-0.39, 0.29) is 21.8 Å². The number of anilines is 1. The molecule has 0 aromatic heterocycles. The largest absolute Gasteiger partial charge is 0.502 e. The van der Waals surface area contributed by atoms with Gasteiger partial charge in [-0.15, -0.1) is 0 Å². The van der Waals surface area contributed by atoms with Crippen LogP contribution in [0.2, 0.25) is 10.0 Å². The van der Waals surface area contributed by atoms with Gasteiger partial charge in [0.1, 0.15) is 5.82 Å². The van der Waals surface area contributed by atoms with Crippen LogP contribution in [-0.4, -0.2) is 16.9 Å². The number of hydrogen-bond acceptors (Lipinski definition) is 3. The molecule has 0 saturated heterocycles. The second-order valence-electron chi connectivity index (χ2n) is 4.77. The molecule has 1 N–H and O–H groups in total. The van der Waals surface area contributed by atoms with E-state index >= 15 is 0 Å². The summed E-state index contributed by atoms with van der Waals surface area (Å²) in [4.78, 5) is 25.4. The lowest BCUT2D eigenvalue weighted by Crippen LogP contribution is -2.31. The molecule has 0 bridgehead atoms. The highest BCUT2D eigenvalue weighted by atomic mass is 35.5. The number of imide groups is 1. The molecule has 2 aromatic carbocycles. The number of carbonyl (C=O) groups excluding carboxylic acids is 2. The predicted octanol–water partition coefficient (Wildman–Crippen LogP) is 3.98. The Bertz CT molecular complexity index is 879. The standard InChI is InChI=1S/C16H8Cl2FNO3/c17-8-4-5-11(12(18)6-8)13-14(21)16(23)20(15(13)22)10-3-1-2-9(19)7-10/h1-7,21H. The van der Waals surface area contributed by atoms with Gasteiger partial charge in [0.25, 0.3) is 5.91 Å². The number of nitrogens with zero attached hydrogens (tertiary/aromatic N) is 1. The van der Waals surface area contributed by atoms with Crippen molar-refractivity contribution < 1.29 is 19.1 Å². The molecule has 0 radical (unpaired) electrons. The molecule has 0 atom stereocenters. The van der Waals surface area contributed by atoms with Gasteiger partial charge in [0.05, 0.1) is 16.3 Å². The van der Waals surface area contributed by atoms with Gasteiger partial charge in [-0.2, -0.15) is 0 Å². The number of amides is 2. The van der Waals surface area contributed by atoms with E-state index in [1.165, 1.54) is 36.4 Å². The molecule has 1 aliphatic rings. The molecular formula is C16H8Cl2FNO3. The zero-order chi connectivity index (χ0) is 16.7. The average Bonchev–Trinajstić information content (AvgIpc) is 2.70. The van der Waals surface area contributed by atoms with Crippen LogP contribution in [-0.2, 0) is 9.59 Å². The van der Waals surface area contributed by atoms with Gasteiger partial charge in [0.2, 0.25) is 0 Å². The minimum absolute atomic E-state index is 0.0200. The van der Waals surface area contributed by atoms with E-state index in [4.69, 9.17) is 23.2 Å². The highest BCUT2D eigenvalue weighted by Gasteiger charge is 2.41. The summed E-state index contributed by atoms with van der Waals surface area (Å²) in [5.74, 6) is -3.09. The van der Waals surface area contributed by atoms with Crippen molar-refractivity contribution in [2.24, 2.45) is 0 Å². The fourth-order valence-corrected chi connectivity index (χ4v) is 2.81. The van der Waals surface area contributed by atoms with Crippen molar-refractivity contribution in [1.29, 1.82) is 0 Å². The molecule has 7 heteroatoms. The average molecular weight is 352 g/mol. The lowest BCUT2D eigenvalue weighted by Gasteiger charge is -2.14. The molecule has 4 nitrogen and oxygen atoms in total.